The van der Waals surface area contributed by atoms with Gasteiger partial charge in [0.25, 0.3) is 11.6 Å². The van der Waals surface area contributed by atoms with Gasteiger partial charge in [-0.05, 0) is 18.4 Å². The summed E-state index contributed by atoms with van der Waals surface area (Å²) in [5.74, 6) is 0.388. The predicted molar refractivity (Wildman–Crippen MR) is 103 cm³/mol. The zero-order chi connectivity index (χ0) is 19.1. The van der Waals surface area contributed by atoms with Crippen LogP contribution in [0.2, 0.25) is 0 Å². The summed E-state index contributed by atoms with van der Waals surface area (Å²) in [7, 11) is 0. The Morgan fingerprint density at radius 1 is 1.15 bits per heavy atom. The van der Waals surface area contributed by atoms with Crippen LogP contribution in [-0.2, 0) is 4.79 Å². The van der Waals surface area contributed by atoms with Crippen LogP contribution in [0.3, 0.4) is 0 Å². The summed E-state index contributed by atoms with van der Waals surface area (Å²) in [5, 5.41) is 11.0. The molecule has 26 heavy (non-hydrogen) atoms. The number of carbonyl (C=O) groups is 1. The molecule has 1 aliphatic heterocycles. The molecule has 144 valence electrons. The lowest BCUT2D eigenvalue weighted by Gasteiger charge is -2.36. The third kappa shape index (κ3) is 4.96. The van der Waals surface area contributed by atoms with E-state index in [1.54, 1.807) is 11.0 Å². The minimum absolute atomic E-state index is 0.00598. The van der Waals surface area contributed by atoms with Crippen LogP contribution in [0, 0.1) is 16.0 Å². The van der Waals surface area contributed by atoms with Crippen molar-refractivity contribution in [1.29, 1.82) is 0 Å². The Labute approximate surface area is 155 Å². The zero-order valence-corrected chi connectivity index (χ0v) is 16.1. The van der Waals surface area contributed by atoms with Gasteiger partial charge in [0.15, 0.2) is 11.9 Å². The van der Waals surface area contributed by atoms with Crippen molar-refractivity contribution in [2.24, 2.45) is 5.92 Å². The minimum Gasteiger partial charge on any atom is -0.478 e. The number of nitrogens with zero attached hydrogens (tertiary/aromatic N) is 2. The van der Waals surface area contributed by atoms with Crippen molar-refractivity contribution in [3.05, 3.63) is 28.3 Å². The number of unbranched alkanes of at least 4 members (excludes halogenated alkanes) is 6. The van der Waals surface area contributed by atoms with Crippen LogP contribution in [0.1, 0.15) is 65.7 Å². The van der Waals surface area contributed by atoms with Crippen LogP contribution in [-0.4, -0.2) is 23.5 Å². The Kier molecular flexibility index (Phi) is 7.42. The molecule has 0 bridgehead atoms. The van der Waals surface area contributed by atoms with Gasteiger partial charge in [0.2, 0.25) is 0 Å². The molecule has 0 fully saturated rings. The molecule has 0 radical (unpaired) electrons. The zero-order valence-electron chi connectivity index (χ0n) is 16.1. The van der Waals surface area contributed by atoms with Crippen molar-refractivity contribution >= 4 is 17.3 Å². The molecule has 0 saturated carbocycles. The summed E-state index contributed by atoms with van der Waals surface area (Å²) >= 11 is 0. The fourth-order valence-corrected chi connectivity index (χ4v) is 3.27. The molecule has 0 aliphatic carbocycles. The Morgan fingerprint density at radius 3 is 2.42 bits per heavy atom. The number of amides is 1. The van der Waals surface area contributed by atoms with Gasteiger partial charge in [0, 0.05) is 12.6 Å². The first kappa shape index (κ1) is 20.2. The summed E-state index contributed by atoms with van der Waals surface area (Å²) in [6.45, 7) is 6.69. The van der Waals surface area contributed by atoms with Crippen LogP contribution in [0.5, 0.6) is 5.75 Å². The van der Waals surface area contributed by atoms with Gasteiger partial charge in [0.05, 0.1) is 16.7 Å². The molecule has 6 nitrogen and oxygen atoms in total. The van der Waals surface area contributed by atoms with Gasteiger partial charge < -0.3 is 9.64 Å². The van der Waals surface area contributed by atoms with Gasteiger partial charge in [0.1, 0.15) is 0 Å². The van der Waals surface area contributed by atoms with Crippen molar-refractivity contribution in [2.45, 2.75) is 71.8 Å². The molecule has 1 atom stereocenters. The molecule has 0 saturated heterocycles. The van der Waals surface area contributed by atoms with E-state index in [9.17, 15) is 14.9 Å². The van der Waals surface area contributed by atoms with E-state index >= 15 is 0 Å². The fourth-order valence-electron chi connectivity index (χ4n) is 3.27. The Balaban J connectivity index is 2.06. The minimum atomic E-state index is -0.589. The molecule has 1 amide bonds. The van der Waals surface area contributed by atoms with E-state index in [0.717, 1.165) is 12.8 Å². The molecule has 1 aromatic carbocycles. The molecule has 6 heteroatoms. The van der Waals surface area contributed by atoms with Crippen molar-refractivity contribution in [3.63, 3.8) is 0 Å². The van der Waals surface area contributed by atoms with Gasteiger partial charge in [-0.3, -0.25) is 14.9 Å². The molecule has 0 N–H and O–H groups in total. The topological polar surface area (TPSA) is 72.7 Å². The second-order valence-electron chi connectivity index (χ2n) is 7.30. The number of non-ortho nitro benzene ring substituents is 1. The molecule has 0 aromatic heterocycles. The third-order valence-electron chi connectivity index (χ3n) is 4.80. The lowest BCUT2D eigenvalue weighted by molar-refractivity contribution is -0.384. The Hall–Kier alpha value is -2.11. The number of rotatable bonds is 10. The van der Waals surface area contributed by atoms with E-state index in [4.69, 9.17) is 4.74 Å². The number of hydrogen-bond acceptors (Lipinski definition) is 4. The number of anilines is 1. The Bertz CT molecular complexity index is 630. The highest BCUT2D eigenvalue weighted by Gasteiger charge is 2.36. The highest BCUT2D eigenvalue weighted by Crippen LogP contribution is 2.38. The van der Waals surface area contributed by atoms with E-state index in [1.807, 2.05) is 13.8 Å². The first-order valence-electron chi connectivity index (χ1n) is 9.72. The highest BCUT2D eigenvalue weighted by atomic mass is 16.6. The van der Waals surface area contributed by atoms with Crippen LogP contribution in [0.15, 0.2) is 18.2 Å². The molecular weight excluding hydrogens is 332 g/mol. The highest BCUT2D eigenvalue weighted by molar-refractivity contribution is 6.00. The van der Waals surface area contributed by atoms with Crippen LogP contribution >= 0.6 is 0 Å². The normalized spacial score (nSPS) is 16.5. The van der Waals surface area contributed by atoms with Crippen molar-refractivity contribution in [3.8, 4) is 5.75 Å². The maximum absolute atomic E-state index is 12.8. The van der Waals surface area contributed by atoms with Gasteiger partial charge in [-0.15, -0.1) is 0 Å². The number of fused-ring (bicyclic) bond motifs is 1. The van der Waals surface area contributed by atoms with E-state index in [0.29, 0.717) is 18.0 Å². The summed E-state index contributed by atoms with van der Waals surface area (Å²) in [6, 6.07) is 4.49. The van der Waals surface area contributed by atoms with Crippen molar-refractivity contribution < 1.29 is 14.5 Å². The number of benzene rings is 1. The fraction of sp³-hybridized carbons (Fsp3) is 0.650. The maximum atomic E-state index is 12.8. The van der Waals surface area contributed by atoms with Crippen LogP contribution < -0.4 is 9.64 Å². The number of carbonyl (C=O) groups excluding carboxylic acids is 1. The molecule has 1 unspecified atom stereocenters. The second-order valence-corrected chi connectivity index (χ2v) is 7.30. The lowest BCUT2D eigenvalue weighted by atomic mass is 10.0. The molecule has 1 aliphatic rings. The average molecular weight is 362 g/mol. The smallest absolute Gasteiger partial charge is 0.273 e. The van der Waals surface area contributed by atoms with Gasteiger partial charge in [-0.2, -0.15) is 0 Å². The quantitative estimate of drug-likeness (QED) is 0.330. The van der Waals surface area contributed by atoms with E-state index in [2.05, 4.69) is 6.92 Å². The van der Waals surface area contributed by atoms with Crippen LogP contribution in [0.25, 0.3) is 0 Å². The van der Waals surface area contributed by atoms with E-state index in [-0.39, 0.29) is 17.5 Å². The number of hydrogen-bond donors (Lipinski definition) is 0. The number of nitro benzene ring substituents is 1. The summed E-state index contributed by atoms with van der Waals surface area (Å²) in [6.07, 6.45) is 7.64. The lowest BCUT2D eigenvalue weighted by Crippen LogP contribution is -2.48. The largest absolute Gasteiger partial charge is 0.478 e. The maximum Gasteiger partial charge on any atom is 0.273 e. The standard InChI is InChI=1S/C20H30N2O4/c1-4-5-6-7-8-9-10-13-21-17-12-11-16(22(24)25)14-18(17)26-19(15(2)3)20(21)23/h11-12,14-15,19H,4-10,13H2,1-3H3. The van der Waals surface area contributed by atoms with Gasteiger partial charge >= 0.3 is 0 Å². The predicted octanol–water partition coefficient (Wildman–Crippen LogP) is 5.10. The Morgan fingerprint density at radius 2 is 1.81 bits per heavy atom. The van der Waals surface area contributed by atoms with Crippen molar-refractivity contribution in [1.82, 2.24) is 0 Å². The van der Waals surface area contributed by atoms with Crippen LogP contribution in [0.4, 0.5) is 11.4 Å². The van der Waals surface area contributed by atoms with Gasteiger partial charge in [-0.25, -0.2) is 0 Å². The molecule has 2 rings (SSSR count). The summed E-state index contributed by atoms with van der Waals surface area (Å²) in [4.78, 5) is 25.2. The first-order chi connectivity index (χ1) is 12.5. The monoisotopic (exact) mass is 362 g/mol. The molecule has 1 aromatic rings. The number of nitro groups is 1. The van der Waals surface area contributed by atoms with E-state index in [1.165, 1.54) is 44.2 Å². The van der Waals surface area contributed by atoms with Crippen molar-refractivity contribution in [2.75, 3.05) is 11.4 Å². The summed E-state index contributed by atoms with van der Waals surface area (Å²) in [5.41, 5.74) is 0.625. The average Bonchev–Trinajstić information content (AvgIpc) is 2.61. The van der Waals surface area contributed by atoms with Gasteiger partial charge in [-0.1, -0.05) is 59.3 Å². The van der Waals surface area contributed by atoms with E-state index < -0.39 is 11.0 Å². The molecule has 1 heterocycles. The number of ether oxygens (including phenoxy) is 1. The summed E-state index contributed by atoms with van der Waals surface area (Å²) < 4.78 is 5.80. The third-order valence-corrected chi connectivity index (χ3v) is 4.80. The SMILES string of the molecule is CCCCCCCCCN1C(=O)C(C(C)C)Oc2cc([N+](=O)[O-])ccc21. The first-order valence-corrected chi connectivity index (χ1v) is 9.72. The second kappa shape index (κ2) is 9.55. The molecule has 0 spiro atoms. The molecular formula is C20H30N2O4.